The van der Waals surface area contributed by atoms with Crippen LogP contribution in [0.3, 0.4) is 0 Å². The Morgan fingerprint density at radius 1 is 1.41 bits per heavy atom. The Labute approximate surface area is 130 Å². The van der Waals surface area contributed by atoms with E-state index in [-0.39, 0.29) is 12.6 Å². The first kappa shape index (κ1) is 16.6. The van der Waals surface area contributed by atoms with E-state index in [1.807, 2.05) is 0 Å². The number of aliphatic carboxylic acids is 1. The van der Waals surface area contributed by atoms with Crippen LogP contribution in [-0.4, -0.2) is 55.9 Å². The third kappa shape index (κ3) is 3.90. The molecule has 0 amide bonds. The van der Waals surface area contributed by atoms with E-state index in [1.165, 1.54) is 0 Å². The molecule has 1 aromatic carbocycles. The van der Waals surface area contributed by atoms with Crippen LogP contribution in [0.5, 0.6) is 11.5 Å². The highest BCUT2D eigenvalue weighted by Crippen LogP contribution is 2.33. The summed E-state index contributed by atoms with van der Waals surface area (Å²) < 4.78 is 11.4. The summed E-state index contributed by atoms with van der Waals surface area (Å²) in [5.74, 6) is -0.457. The smallest absolute Gasteiger partial charge is 0.312 e. The van der Waals surface area contributed by atoms with E-state index in [4.69, 9.17) is 15.2 Å². The van der Waals surface area contributed by atoms with Crippen molar-refractivity contribution in [3.63, 3.8) is 0 Å². The summed E-state index contributed by atoms with van der Waals surface area (Å²) in [4.78, 5) is 13.5. The van der Waals surface area contributed by atoms with Gasteiger partial charge in [0, 0.05) is 19.6 Å². The van der Waals surface area contributed by atoms with Gasteiger partial charge in [-0.05, 0) is 37.6 Å². The van der Waals surface area contributed by atoms with E-state index in [9.17, 15) is 9.90 Å². The Balaban J connectivity index is 2.19. The van der Waals surface area contributed by atoms with Crippen LogP contribution in [0.1, 0.15) is 24.3 Å². The molecular formula is C16H24N2O4. The lowest BCUT2D eigenvalue weighted by Crippen LogP contribution is -2.35. The van der Waals surface area contributed by atoms with Crippen molar-refractivity contribution in [2.75, 3.05) is 33.8 Å². The van der Waals surface area contributed by atoms with Crippen LogP contribution in [0, 0.1) is 0 Å². The Hall–Kier alpha value is -1.79. The predicted octanol–water partition coefficient (Wildman–Crippen LogP) is 1.30. The quantitative estimate of drug-likeness (QED) is 0.824. The number of benzene rings is 1. The first-order valence-corrected chi connectivity index (χ1v) is 7.51. The zero-order chi connectivity index (χ0) is 16.1. The zero-order valence-electron chi connectivity index (χ0n) is 13.1. The van der Waals surface area contributed by atoms with Crippen molar-refractivity contribution in [3.05, 3.63) is 23.8 Å². The van der Waals surface area contributed by atoms with Crippen LogP contribution in [0.4, 0.5) is 0 Å². The van der Waals surface area contributed by atoms with E-state index in [1.54, 1.807) is 25.3 Å². The van der Waals surface area contributed by atoms with Crippen molar-refractivity contribution < 1.29 is 19.4 Å². The van der Waals surface area contributed by atoms with Crippen LogP contribution in [-0.2, 0) is 4.79 Å². The number of hydrogen-bond acceptors (Lipinski definition) is 5. The number of likely N-dealkylation sites (tertiary alicyclic amines) is 1. The third-order valence-electron chi connectivity index (χ3n) is 4.08. The highest BCUT2D eigenvalue weighted by Gasteiger charge is 2.23. The van der Waals surface area contributed by atoms with Gasteiger partial charge in [-0.1, -0.05) is 6.07 Å². The number of hydrogen-bond donors (Lipinski definition) is 2. The number of rotatable bonds is 6. The summed E-state index contributed by atoms with van der Waals surface area (Å²) in [5.41, 5.74) is 6.21. The third-order valence-corrected chi connectivity index (χ3v) is 4.08. The molecule has 1 aromatic rings. The molecule has 1 aliphatic rings. The zero-order valence-corrected chi connectivity index (χ0v) is 13.1. The SMILES string of the molecule is COc1ccc(C(CN)C(=O)O)cc1OC1CCN(C)CC1. The molecule has 1 aliphatic heterocycles. The lowest BCUT2D eigenvalue weighted by Gasteiger charge is -2.30. The van der Waals surface area contributed by atoms with Gasteiger partial charge in [-0.2, -0.15) is 0 Å². The second-order valence-electron chi connectivity index (χ2n) is 5.66. The van der Waals surface area contributed by atoms with Crippen molar-refractivity contribution in [2.45, 2.75) is 24.9 Å². The van der Waals surface area contributed by atoms with Crippen molar-refractivity contribution in [2.24, 2.45) is 5.73 Å². The number of carboxylic acid groups (broad SMARTS) is 1. The van der Waals surface area contributed by atoms with Crippen LogP contribution in [0.15, 0.2) is 18.2 Å². The van der Waals surface area contributed by atoms with E-state index in [0.29, 0.717) is 17.1 Å². The number of carboxylic acids is 1. The van der Waals surface area contributed by atoms with Gasteiger partial charge in [-0.15, -0.1) is 0 Å². The first-order valence-electron chi connectivity index (χ1n) is 7.51. The summed E-state index contributed by atoms with van der Waals surface area (Å²) in [5, 5.41) is 9.24. The number of ether oxygens (including phenoxy) is 2. The van der Waals surface area contributed by atoms with Crippen molar-refractivity contribution in [1.29, 1.82) is 0 Å². The summed E-state index contributed by atoms with van der Waals surface area (Å²) in [7, 11) is 3.67. The van der Waals surface area contributed by atoms with E-state index >= 15 is 0 Å². The summed E-state index contributed by atoms with van der Waals surface area (Å²) in [6.07, 6.45) is 2.02. The van der Waals surface area contributed by atoms with Crippen molar-refractivity contribution in [1.82, 2.24) is 4.90 Å². The average molecular weight is 308 g/mol. The molecular weight excluding hydrogens is 284 g/mol. The minimum Gasteiger partial charge on any atom is -0.493 e. The van der Waals surface area contributed by atoms with Gasteiger partial charge in [0.15, 0.2) is 11.5 Å². The fourth-order valence-corrected chi connectivity index (χ4v) is 2.66. The van der Waals surface area contributed by atoms with Gasteiger partial charge < -0.3 is 25.2 Å². The lowest BCUT2D eigenvalue weighted by atomic mass is 9.99. The Kier molecular flexibility index (Phi) is 5.63. The van der Waals surface area contributed by atoms with Gasteiger partial charge in [-0.25, -0.2) is 0 Å². The Morgan fingerprint density at radius 2 is 2.09 bits per heavy atom. The monoisotopic (exact) mass is 308 g/mol. The molecule has 22 heavy (non-hydrogen) atoms. The summed E-state index contributed by atoms with van der Waals surface area (Å²) in [6.45, 7) is 2.04. The van der Waals surface area contributed by atoms with Gasteiger partial charge >= 0.3 is 5.97 Å². The summed E-state index contributed by atoms with van der Waals surface area (Å²) >= 11 is 0. The topological polar surface area (TPSA) is 85.0 Å². The Bertz CT molecular complexity index is 513. The standard InChI is InChI=1S/C16H24N2O4/c1-18-7-5-12(6-8-18)22-15-9-11(3-4-14(15)21-2)13(10-17)16(19)20/h3-4,9,12-13H,5-8,10,17H2,1-2H3,(H,19,20). The number of carbonyl (C=O) groups is 1. The second kappa shape index (κ2) is 7.47. The number of piperidine rings is 1. The van der Waals surface area contributed by atoms with E-state index in [0.717, 1.165) is 25.9 Å². The number of methoxy groups -OCH3 is 1. The fourth-order valence-electron chi connectivity index (χ4n) is 2.66. The molecule has 6 heteroatoms. The molecule has 0 spiro atoms. The maximum atomic E-state index is 11.3. The first-order chi connectivity index (χ1) is 10.5. The predicted molar refractivity (Wildman–Crippen MR) is 83.6 cm³/mol. The molecule has 1 fully saturated rings. The highest BCUT2D eigenvalue weighted by atomic mass is 16.5. The molecule has 1 atom stereocenters. The van der Waals surface area contributed by atoms with Crippen LogP contribution >= 0.6 is 0 Å². The van der Waals surface area contributed by atoms with Gasteiger partial charge in [0.25, 0.3) is 0 Å². The molecule has 1 saturated heterocycles. The molecule has 1 heterocycles. The molecule has 6 nitrogen and oxygen atoms in total. The normalized spacial score (nSPS) is 18.0. The molecule has 0 aliphatic carbocycles. The average Bonchev–Trinajstić information content (AvgIpc) is 2.50. The van der Waals surface area contributed by atoms with Crippen LogP contribution in [0.25, 0.3) is 0 Å². The van der Waals surface area contributed by atoms with Gasteiger partial charge in [0.2, 0.25) is 0 Å². The molecule has 122 valence electrons. The molecule has 0 radical (unpaired) electrons. The van der Waals surface area contributed by atoms with Crippen LogP contribution < -0.4 is 15.2 Å². The van der Waals surface area contributed by atoms with Crippen molar-refractivity contribution >= 4 is 5.97 Å². The molecule has 2 rings (SSSR count). The Morgan fingerprint density at radius 3 is 2.64 bits per heavy atom. The molecule has 0 aromatic heterocycles. The molecule has 3 N–H and O–H groups in total. The second-order valence-corrected chi connectivity index (χ2v) is 5.66. The van der Waals surface area contributed by atoms with Gasteiger partial charge in [-0.3, -0.25) is 4.79 Å². The molecule has 0 bridgehead atoms. The van der Waals surface area contributed by atoms with E-state index < -0.39 is 11.9 Å². The largest absolute Gasteiger partial charge is 0.493 e. The van der Waals surface area contributed by atoms with Gasteiger partial charge in [0.05, 0.1) is 13.0 Å². The van der Waals surface area contributed by atoms with E-state index in [2.05, 4.69) is 11.9 Å². The fraction of sp³-hybridized carbons (Fsp3) is 0.562. The molecule has 1 unspecified atom stereocenters. The highest BCUT2D eigenvalue weighted by molar-refractivity contribution is 5.76. The molecule has 0 saturated carbocycles. The summed E-state index contributed by atoms with van der Waals surface area (Å²) in [6, 6.07) is 5.21. The maximum absolute atomic E-state index is 11.3. The lowest BCUT2D eigenvalue weighted by molar-refractivity contribution is -0.138. The number of nitrogens with two attached hydrogens (primary N) is 1. The minimum atomic E-state index is -0.932. The van der Waals surface area contributed by atoms with Gasteiger partial charge in [0.1, 0.15) is 6.10 Å². The number of nitrogens with zero attached hydrogens (tertiary/aromatic N) is 1. The maximum Gasteiger partial charge on any atom is 0.312 e. The van der Waals surface area contributed by atoms with Crippen LogP contribution in [0.2, 0.25) is 0 Å². The van der Waals surface area contributed by atoms with Crippen molar-refractivity contribution in [3.8, 4) is 11.5 Å². The minimum absolute atomic E-state index is 0.0509.